The minimum absolute atomic E-state index is 0.424. The minimum Gasteiger partial charge on any atom is -0.305 e. The number of hydrogen-bond donors (Lipinski definition) is 1. The lowest BCUT2D eigenvalue weighted by molar-refractivity contribution is 0.430. The van der Waals surface area contributed by atoms with Crippen molar-refractivity contribution in [2.45, 2.75) is 32.9 Å². The first-order valence-corrected chi connectivity index (χ1v) is 7.29. The van der Waals surface area contributed by atoms with Gasteiger partial charge in [-0.25, -0.2) is 0 Å². The highest BCUT2D eigenvalue weighted by Gasteiger charge is 2.12. The van der Waals surface area contributed by atoms with E-state index >= 15 is 0 Å². The summed E-state index contributed by atoms with van der Waals surface area (Å²) in [6.45, 7) is 5.44. The average Bonchev–Trinajstić information content (AvgIpc) is 2.88. The second kappa shape index (κ2) is 6.66. The lowest BCUT2D eigenvalue weighted by Crippen LogP contribution is -2.22. The molecule has 1 heterocycles. The Kier molecular flexibility index (Phi) is 4.90. The van der Waals surface area contributed by atoms with Gasteiger partial charge in [0.2, 0.25) is 0 Å². The monoisotopic (exact) mass is 260 g/mol. The van der Waals surface area contributed by atoms with Gasteiger partial charge in [0.1, 0.15) is 0 Å². The maximum Gasteiger partial charge on any atom is 0.0794 e. The molecule has 1 N–H and O–H groups in total. The maximum atomic E-state index is 4.11. The van der Waals surface area contributed by atoms with Gasteiger partial charge in [-0.05, 0) is 17.9 Å². The molecule has 96 valence electrons. The van der Waals surface area contributed by atoms with E-state index in [4.69, 9.17) is 0 Å². The molecule has 0 saturated carbocycles. The van der Waals surface area contributed by atoms with Crippen LogP contribution in [0.2, 0.25) is 0 Å². The van der Waals surface area contributed by atoms with Crippen LogP contribution in [0.4, 0.5) is 0 Å². The normalized spacial score (nSPS) is 12.8. The van der Waals surface area contributed by atoms with Gasteiger partial charge < -0.3 is 5.32 Å². The highest BCUT2D eigenvalue weighted by molar-refractivity contribution is 7.09. The van der Waals surface area contributed by atoms with Gasteiger partial charge in [-0.3, -0.25) is 4.98 Å². The van der Waals surface area contributed by atoms with Crippen molar-refractivity contribution in [3.63, 3.8) is 0 Å². The fraction of sp³-hybridized carbons (Fsp3) is 0.400. The molecule has 3 heteroatoms. The van der Waals surface area contributed by atoms with Crippen LogP contribution in [-0.4, -0.2) is 4.98 Å². The van der Waals surface area contributed by atoms with Crippen LogP contribution >= 0.6 is 11.3 Å². The zero-order chi connectivity index (χ0) is 12.8. The van der Waals surface area contributed by atoms with Crippen LogP contribution in [-0.2, 0) is 6.54 Å². The van der Waals surface area contributed by atoms with E-state index in [1.54, 1.807) is 11.3 Å². The van der Waals surface area contributed by atoms with Crippen LogP contribution in [0.25, 0.3) is 0 Å². The average molecular weight is 260 g/mol. The summed E-state index contributed by atoms with van der Waals surface area (Å²) in [7, 11) is 0. The summed E-state index contributed by atoms with van der Waals surface area (Å²) in [4.78, 5) is 5.40. The number of rotatable bonds is 6. The SMILES string of the molecule is CC(C)CC(NCc1cncs1)c1ccccc1. The van der Waals surface area contributed by atoms with Crippen molar-refractivity contribution < 1.29 is 0 Å². The molecular weight excluding hydrogens is 240 g/mol. The van der Waals surface area contributed by atoms with E-state index in [9.17, 15) is 0 Å². The van der Waals surface area contributed by atoms with Crippen molar-refractivity contribution in [3.05, 3.63) is 52.5 Å². The standard InChI is InChI=1S/C15H20N2S/c1-12(2)8-15(13-6-4-3-5-7-13)17-10-14-9-16-11-18-14/h3-7,9,11-12,15,17H,8,10H2,1-2H3. The molecule has 0 bridgehead atoms. The van der Waals surface area contributed by atoms with Gasteiger partial charge in [-0.15, -0.1) is 11.3 Å². The summed E-state index contributed by atoms with van der Waals surface area (Å²) in [5.74, 6) is 0.684. The van der Waals surface area contributed by atoms with E-state index in [0.717, 1.165) is 13.0 Å². The second-order valence-electron chi connectivity index (χ2n) is 4.94. The molecule has 1 unspecified atom stereocenters. The summed E-state index contributed by atoms with van der Waals surface area (Å²) in [5.41, 5.74) is 3.26. The Morgan fingerprint density at radius 1 is 1.22 bits per heavy atom. The van der Waals surface area contributed by atoms with E-state index in [-0.39, 0.29) is 0 Å². The maximum absolute atomic E-state index is 4.11. The fourth-order valence-corrected chi connectivity index (χ4v) is 2.59. The number of hydrogen-bond acceptors (Lipinski definition) is 3. The number of aromatic nitrogens is 1. The molecule has 1 atom stereocenters. The molecule has 0 aliphatic carbocycles. The molecule has 0 aliphatic rings. The van der Waals surface area contributed by atoms with Gasteiger partial charge >= 0.3 is 0 Å². The zero-order valence-electron chi connectivity index (χ0n) is 11.0. The Bertz CT molecular complexity index is 437. The third kappa shape index (κ3) is 3.93. The summed E-state index contributed by atoms with van der Waals surface area (Å²) in [6, 6.07) is 11.1. The Morgan fingerprint density at radius 3 is 2.61 bits per heavy atom. The lowest BCUT2D eigenvalue weighted by atomic mass is 9.97. The molecule has 0 saturated heterocycles. The van der Waals surface area contributed by atoms with Crippen molar-refractivity contribution in [1.82, 2.24) is 10.3 Å². The van der Waals surface area contributed by atoms with E-state index < -0.39 is 0 Å². The Labute approximate surface area is 113 Å². The van der Waals surface area contributed by atoms with Gasteiger partial charge in [0.25, 0.3) is 0 Å². The third-order valence-corrected chi connectivity index (χ3v) is 3.69. The predicted octanol–water partition coefficient (Wildman–Crippen LogP) is 4.02. The lowest BCUT2D eigenvalue weighted by Gasteiger charge is -2.20. The van der Waals surface area contributed by atoms with Gasteiger partial charge in [0.15, 0.2) is 0 Å². The zero-order valence-corrected chi connectivity index (χ0v) is 11.8. The Morgan fingerprint density at radius 2 is 2.00 bits per heavy atom. The van der Waals surface area contributed by atoms with Crippen molar-refractivity contribution in [3.8, 4) is 0 Å². The fourth-order valence-electron chi connectivity index (χ4n) is 2.05. The highest BCUT2D eigenvalue weighted by atomic mass is 32.1. The molecule has 2 rings (SSSR count). The smallest absolute Gasteiger partial charge is 0.0794 e. The van der Waals surface area contributed by atoms with Crippen LogP contribution in [0.15, 0.2) is 42.0 Å². The van der Waals surface area contributed by atoms with E-state index in [1.807, 2.05) is 11.7 Å². The topological polar surface area (TPSA) is 24.9 Å². The third-order valence-electron chi connectivity index (χ3n) is 2.92. The van der Waals surface area contributed by atoms with E-state index in [0.29, 0.717) is 12.0 Å². The molecule has 0 spiro atoms. The first-order chi connectivity index (χ1) is 8.75. The minimum atomic E-state index is 0.424. The molecule has 0 aliphatic heterocycles. The van der Waals surface area contributed by atoms with Gasteiger partial charge in [-0.1, -0.05) is 44.2 Å². The molecule has 1 aromatic heterocycles. The largest absolute Gasteiger partial charge is 0.305 e. The van der Waals surface area contributed by atoms with Crippen LogP contribution < -0.4 is 5.32 Å². The van der Waals surface area contributed by atoms with Crippen molar-refractivity contribution >= 4 is 11.3 Å². The number of nitrogens with zero attached hydrogens (tertiary/aromatic N) is 1. The van der Waals surface area contributed by atoms with Crippen LogP contribution in [0.3, 0.4) is 0 Å². The van der Waals surface area contributed by atoms with Gasteiger partial charge in [0, 0.05) is 23.7 Å². The van der Waals surface area contributed by atoms with E-state index in [2.05, 4.69) is 54.5 Å². The molecule has 2 nitrogen and oxygen atoms in total. The van der Waals surface area contributed by atoms with Crippen molar-refractivity contribution in [2.24, 2.45) is 5.92 Å². The summed E-state index contributed by atoms with van der Waals surface area (Å²) in [6.07, 6.45) is 3.10. The molecule has 0 radical (unpaired) electrons. The molecule has 0 amide bonds. The van der Waals surface area contributed by atoms with Crippen molar-refractivity contribution in [1.29, 1.82) is 0 Å². The summed E-state index contributed by atoms with van der Waals surface area (Å²) >= 11 is 1.71. The van der Waals surface area contributed by atoms with Gasteiger partial charge in [0.05, 0.1) is 5.51 Å². The Balaban J connectivity index is 2.01. The molecular formula is C15H20N2S. The number of benzene rings is 1. The first kappa shape index (κ1) is 13.2. The van der Waals surface area contributed by atoms with Gasteiger partial charge in [-0.2, -0.15) is 0 Å². The molecule has 0 fully saturated rings. The van der Waals surface area contributed by atoms with Crippen LogP contribution in [0.5, 0.6) is 0 Å². The van der Waals surface area contributed by atoms with Crippen LogP contribution in [0, 0.1) is 5.92 Å². The van der Waals surface area contributed by atoms with E-state index in [1.165, 1.54) is 10.4 Å². The Hall–Kier alpha value is -1.19. The first-order valence-electron chi connectivity index (χ1n) is 6.41. The highest BCUT2D eigenvalue weighted by Crippen LogP contribution is 2.21. The quantitative estimate of drug-likeness (QED) is 0.848. The van der Waals surface area contributed by atoms with Crippen molar-refractivity contribution in [2.75, 3.05) is 0 Å². The molecule has 18 heavy (non-hydrogen) atoms. The number of thiazole rings is 1. The predicted molar refractivity (Wildman–Crippen MR) is 77.6 cm³/mol. The summed E-state index contributed by atoms with van der Waals surface area (Å²) in [5, 5.41) is 3.64. The number of nitrogens with one attached hydrogen (secondary N) is 1. The molecule has 2 aromatic rings. The summed E-state index contributed by atoms with van der Waals surface area (Å²) < 4.78 is 0. The van der Waals surface area contributed by atoms with Crippen LogP contribution in [0.1, 0.15) is 36.8 Å². The second-order valence-corrected chi connectivity index (χ2v) is 5.91. The molecule has 1 aromatic carbocycles.